The van der Waals surface area contributed by atoms with Gasteiger partial charge in [0.2, 0.25) is 0 Å². The van der Waals surface area contributed by atoms with Crippen LogP contribution in [0.15, 0.2) is 24.3 Å². The number of nitrogens with two attached hydrogens (primary N) is 1. The average molecular weight is 398 g/mol. The summed E-state index contributed by atoms with van der Waals surface area (Å²) in [7, 11) is 1.33. The van der Waals surface area contributed by atoms with Crippen LogP contribution < -0.4 is 10.5 Å². The third kappa shape index (κ3) is 12.7. The van der Waals surface area contributed by atoms with Crippen molar-refractivity contribution in [1.82, 2.24) is 0 Å². The summed E-state index contributed by atoms with van der Waals surface area (Å²) in [5.41, 5.74) is 6.95. The molecule has 0 fully saturated rings. The van der Waals surface area contributed by atoms with Crippen LogP contribution in [0.4, 0.5) is 0 Å². The fraction of sp³-hybridized carbons (Fsp3) is 0.667. The number of esters is 1. The molecule has 2 N–H and O–H groups in total. The Morgan fingerprint density at radius 1 is 0.857 bits per heavy atom. The van der Waals surface area contributed by atoms with Gasteiger partial charge < -0.3 is 29.4 Å². The maximum atomic E-state index is 10.8. The Balaban J connectivity index is 1.81. The first-order chi connectivity index (χ1) is 13.6. The van der Waals surface area contributed by atoms with Crippen molar-refractivity contribution in [3.8, 4) is 5.75 Å². The van der Waals surface area contributed by atoms with Crippen molar-refractivity contribution in [2.45, 2.75) is 38.6 Å². The highest BCUT2D eigenvalue weighted by Crippen LogP contribution is 2.16. The molecule has 0 aromatic heterocycles. The van der Waals surface area contributed by atoms with E-state index in [1.165, 1.54) is 7.11 Å². The minimum atomic E-state index is -0.384. The quantitative estimate of drug-likeness (QED) is 0.319. The Morgan fingerprint density at radius 3 is 2.04 bits per heavy atom. The zero-order valence-electron chi connectivity index (χ0n) is 17.2. The van der Waals surface area contributed by atoms with Gasteiger partial charge in [0.15, 0.2) is 0 Å². The van der Waals surface area contributed by atoms with Gasteiger partial charge in [-0.3, -0.25) is 0 Å². The molecule has 28 heavy (non-hydrogen) atoms. The molecule has 0 saturated carbocycles. The molecule has 0 amide bonds. The Bertz CT molecular complexity index is 506. The lowest BCUT2D eigenvalue weighted by atomic mass is 10.1. The van der Waals surface area contributed by atoms with Crippen LogP contribution in [-0.4, -0.2) is 59.3 Å². The molecule has 7 nitrogen and oxygen atoms in total. The van der Waals surface area contributed by atoms with E-state index in [2.05, 4.69) is 4.74 Å². The third-order valence-electron chi connectivity index (χ3n) is 4.05. The minimum absolute atomic E-state index is 0.0404. The molecule has 1 rings (SSSR count). The first-order valence-corrected chi connectivity index (χ1v) is 9.92. The molecule has 0 unspecified atom stereocenters. The summed E-state index contributed by atoms with van der Waals surface area (Å²) in [6.45, 7) is 5.29. The first-order valence-electron chi connectivity index (χ1n) is 9.92. The van der Waals surface area contributed by atoms with Crippen LogP contribution in [0.3, 0.4) is 0 Å². The fourth-order valence-corrected chi connectivity index (χ4v) is 2.37. The highest BCUT2D eigenvalue weighted by Gasteiger charge is 2.00. The molecule has 0 radical (unpaired) electrons. The molecular formula is C21H35NO6. The summed E-state index contributed by atoms with van der Waals surface area (Å²) in [6, 6.07) is 8.02. The molecule has 7 heteroatoms. The van der Waals surface area contributed by atoms with E-state index < -0.39 is 0 Å². The number of rotatable bonds is 17. The number of methoxy groups -OCH3 is 1. The lowest BCUT2D eigenvalue weighted by Crippen LogP contribution is -2.14. The van der Waals surface area contributed by atoms with Crippen molar-refractivity contribution in [3.05, 3.63) is 29.8 Å². The normalized spacial score (nSPS) is 12.0. The highest BCUT2D eigenvalue weighted by molar-refractivity contribution is 5.70. The van der Waals surface area contributed by atoms with Gasteiger partial charge in [-0.25, -0.2) is 4.79 Å². The summed E-state index contributed by atoms with van der Waals surface area (Å²) in [4.78, 5) is 10.8. The van der Waals surface area contributed by atoms with E-state index in [0.29, 0.717) is 26.4 Å². The number of benzene rings is 1. The second kappa shape index (κ2) is 16.3. The number of hydrogen-bond acceptors (Lipinski definition) is 7. The van der Waals surface area contributed by atoms with E-state index in [9.17, 15) is 4.79 Å². The van der Waals surface area contributed by atoms with Gasteiger partial charge in [-0.2, -0.15) is 0 Å². The van der Waals surface area contributed by atoms with E-state index in [1.807, 2.05) is 31.2 Å². The van der Waals surface area contributed by atoms with Gasteiger partial charge in [0.05, 0.1) is 40.1 Å². The van der Waals surface area contributed by atoms with Crippen molar-refractivity contribution in [2.24, 2.45) is 5.73 Å². The van der Waals surface area contributed by atoms with Gasteiger partial charge in [-0.1, -0.05) is 18.6 Å². The lowest BCUT2D eigenvalue weighted by Gasteiger charge is -2.09. The number of carbonyl (C=O) groups excluding carboxylic acids is 1. The fourth-order valence-electron chi connectivity index (χ4n) is 2.37. The Kier molecular flexibility index (Phi) is 14.2. The van der Waals surface area contributed by atoms with Crippen molar-refractivity contribution in [3.63, 3.8) is 0 Å². The largest absolute Gasteiger partial charge is 0.494 e. The number of hydrogen-bond donors (Lipinski definition) is 1. The lowest BCUT2D eigenvalue weighted by molar-refractivity contribution is -0.146. The maximum Gasteiger partial charge on any atom is 0.331 e. The summed E-state index contributed by atoms with van der Waals surface area (Å²) in [5, 5.41) is 0. The van der Waals surface area contributed by atoms with Crippen LogP contribution in [0.1, 0.15) is 44.2 Å². The van der Waals surface area contributed by atoms with Crippen molar-refractivity contribution in [1.29, 1.82) is 0 Å². The Hall–Kier alpha value is -1.67. The van der Waals surface area contributed by atoms with Gasteiger partial charge in [-0.15, -0.1) is 0 Å². The highest BCUT2D eigenvalue weighted by atomic mass is 16.6. The predicted molar refractivity (Wildman–Crippen MR) is 107 cm³/mol. The van der Waals surface area contributed by atoms with Gasteiger partial charge in [0.1, 0.15) is 12.4 Å². The molecule has 0 aliphatic rings. The molecule has 1 aromatic carbocycles. The second-order valence-electron chi connectivity index (χ2n) is 6.47. The van der Waals surface area contributed by atoms with Gasteiger partial charge in [0.25, 0.3) is 0 Å². The van der Waals surface area contributed by atoms with Crippen molar-refractivity contribution >= 4 is 5.97 Å². The monoisotopic (exact) mass is 397 g/mol. The molecule has 0 bridgehead atoms. The zero-order chi connectivity index (χ0) is 20.5. The van der Waals surface area contributed by atoms with Crippen molar-refractivity contribution < 1.29 is 28.5 Å². The van der Waals surface area contributed by atoms with Crippen molar-refractivity contribution in [2.75, 3.05) is 53.4 Å². The number of ether oxygens (including phenoxy) is 5. The van der Waals surface area contributed by atoms with Crippen LogP contribution in [0, 0.1) is 0 Å². The standard InChI is InChI=1S/C21H35NO6/c1-18(22)19-7-9-20(10-8-19)28-12-6-4-3-5-11-25-13-14-26-15-16-27-17-21(23)24-2/h7-10,18H,3-6,11-17,22H2,1-2H3/t18-/m1/s1. The van der Waals surface area contributed by atoms with Gasteiger partial charge in [-0.05, 0) is 43.9 Å². The summed E-state index contributed by atoms with van der Waals surface area (Å²) < 4.78 is 26.1. The second-order valence-corrected chi connectivity index (χ2v) is 6.47. The number of carbonyl (C=O) groups is 1. The average Bonchev–Trinajstić information content (AvgIpc) is 2.70. The van der Waals surface area contributed by atoms with Crippen LogP contribution in [-0.2, 0) is 23.7 Å². The zero-order valence-corrected chi connectivity index (χ0v) is 17.2. The smallest absolute Gasteiger partial charge is 0.331 e. The SMILES string of the molecule is COC(=O)COCCOCCOCCCCCCOc1ccc([C@@H](C)N)cc1. The molecule has 0 heterocycles. The molecule has 0 saturated heterocycles. The predicted octanol–water partition coefficient (Wildman–Crippen LogP) is 2.87. The molecule has 0 aliphatic carbocycles. The maximum absolute atomic E-state index is 10.8. The molecular weight excluding hydrogens is 362 g/mol. The molecule has 1 atom stereocenters. The topological polar surface area (TPSA) is 89.2 Å². The first kappa shape index (κ1) is 24.4. The van der Waals surface area contributed by atoms with Crippen LogP contribution in [0.25, 0.3) is 0 Å². The number of unbranched alkanes of at least 4 members (excludes halogenated alkanes) is 3. The summed E-state index contributed by atoms with van der Waals surface area (Å²) in [5.74, 6) is 0.508. The van der Waals surface area contributed by atoms with Gasteiger partial charge >= 0.3 is 5.97 Å². The molecule has 0 aliphatic heterocycles. The molecule has 1 aromatic rings. The van der Waals surface area contributed by atoms with E-state index in [-0.39, 0.29) is 18.6 Å². The summed E-state index contributed by atoms with van der Waals surface area (Å²) in [6.07, 6.45) is 4.31. The molecule has 160 valence electrons. The Labute approximate surface area is 168 Å². The van der Waals surface area contributed by atoms with E-state index in [0.717, 1.165) is 50.2 Å². The third-order valence-corrected chi connectivity index (χ3v) is 4.05. The van der Waals surface area contributed by atoms with Crippen LogP contribution in [0.5, 0.6) is 5.75 Å². The minimum Gasteiger partial charge on any atom is -0.494 e. The van der Waals surface area contributed by atoms with Crippen LogP contribution in [0.2, 0.25) is 0 Å². The van der Waals surface area contributed by atoms with Gasteiger partial charge in [0, 0.05) is 12.6 Å². The van der Waals surface area contributed by atoms with E-state index in [1.54, 1.807) is 0 Å². The van der Waals surface area contributed by atoms with Crippen LogP contribution >= 0.6 is 0 Å². The van der Waals surface area contributed by atoms with E-state index in [4.69, 9.17) is 24.7 Å². The molecule has 0 spiro atoms. The summed E-state index contributed by atoms with van der Waals surface area (Å²) >= 11 is 0. The Morgan fingerprint density at radius 2 is 1.43 bits per heavy atom. The van der Waals surface area contributed by atoms with E-state index >= 15 is 0 Å².